The first-order valence-corrected chi connectivity index (χ1v) is 9.26. The molecule has 5 heteroatoms. The van der Waals surface area contributed by atoms with Crippen LogP contribution in [0.1, 0.15) is 27.9 Å². The van der Waals surface area contributed by atoms with Gasteiger partial charge in [-0.1, -0.05) is 18.2 Å². The van der Waals surface area contributed by atoms with Gasteiger partial charge < -0.3 is 10.7 Å². The van der Waals surface area contributed by atoms with E-state index < -0.39 is 0 Å². The molecular weight excluding hydrogens is 336 g/mol. The van der Waals surface area contributed by atoms with Crippen molar-refractivity contribution in [2.45, 2.75) is 33.4 Å². The minimum atomic E-state index is -0.0440. The maximum atomic E-state index is 12.7. The van der Waals surface area contributed by atoms with Crippen LogP contribution in [0.5, 0.6) is 0 Å². The summed E-state index contributed by atoms with van der Waals surface area (Å²) < 4.78 is 0. The molecule has 0 unspecified atom stereocenters. The Bertz CT molecular complexity index is 1040. The number of hydrogen-bond acceptors (Lipinski definition) is 4. The lowest BCUT2D eigenvalue weighted by Crippen LogP contribution is -2.35. The van der Waals surface area contributed by atoms with Crippen LogP contribution < -0.4 is 11.3 Å². The predicted molar refractivity (Wildman–Crippen MR) is 108 cm³/mol. The molecule has 0 spiro atoms. The van der Waals surface area contributed by atoms with Gasteiger partial charge >= 0.3 is 0 Å². The first-order chi connectivity index (χ1) is 13.0. The van der Waals surface area contributed by atoms with Crippen LogP contribution in [0.3, 0.4) is 0 Å². The van der Waals surface area contributed by atoms with Gasteiger partial charge in [0.25, 0.3) is 5.56 Å². The summed E-state index contributed by atoms with van der Waals surface area (Å²) in [5, 5.41) is 0. The second-order valence-electron chi connectivity index (χ2n) is 7.28. The molecule has 0 fully saturated rings. The minimum Gasteiger partial charge on any atom is -0.399 e. The molecule has 2 aromatic carbocycles. The van der Waals surface area contributed by atoms with Crippen molar-refractivity contribution in [3.05, 3.63) is 80.8 Å². The van der Waals surface area contributed by atoms with E-state index in [4.69, 9.17) is 10.7 Å². The summed E-state index contributed by atoms with van der Waals surface area (Å²) in [6.45, 7) is 6.69. The molecule has 0 amide bonds. The van der Waals surface area contributed by atoms with Gasteiger partial charge in [-0.15, -0.1) is 0 Å². The van der Waals surface area contributed by atoms with Gasteiger partial charge in [0.15, 0.2) is 0 Å². The summed E-state index contributed by atoms with van der Waals surface area (Å²) in [6.07, 6.45) is 0.784. The molecule has 1 aliphatic heterocycles. The predicted octanol–water partition coefficient (Wildman–Crippen LogP) is 3.19. The summed E-state index contributed by atoms with van der Waals surface area (Å²) >= 11 is 0. The number of aryl methyl sites for hydroxylation is 1. The van der Waals surface area contributed by atoms with Crippen LogP contribution in [0.15, 0.2) is 47.3 Å². The quantitative estimate of drug-likeness (QED) is 0.704. The molecule has 0 saturated heterocycles. The van der Waals surface area contributed by atoms with Crippen LogP contribution in [0.2, 0.25) is 0 Å². The highest BCUT2D eigenvalue weighted by molar-refractivity contribution is 5.58. The Hall–Kier alpha value is -2.92. The van der Waals surface area contributed by atoms with Crippen molar-refractivity contribution in [2.24, 2.45) is 0 Å². The van der Waals surface area contributed by atoms with Gasteiger partial charge in [0.1, 0.15) is 5.82 Å². The van der Waals surface area contributed by atoms with Crippen molar-refractivity contribution >= 4 is 5.69 Å². The molecular formula is C22H24N4O. The normalized spacial score (nSPS) is 14.1. The first-order valence-electron chi connectivity index (χ1n) is 9.26. The minimum absolute atomic E-state index is 0.0440. The number of hydrogen-bond donors (Lipinski definition) is 2. The van der Waals surface area contributed by atoms with E-state index in [1.165, 1.54) is 16.7 Å². The second-order valence-corrected chi connectivity index (χ2v) is 7.28. The monoisotopic (exact) mass is 360 g/mol. The van der Waals surface area contributed by atoms with Crippen LogP contribution in [-0.4, -0.2) is 21.4 Å². The maximum Gasteiger partial charge on any atom is 0.255 e. The number of aromatic nitrogens is 2. The molecule has 3 aromatic rings. The summed E-state index contributed by atoms with van der Waals surface area (Å²) in [4.78, 5) is 22.7. The van der Waals surface area contributed by atoms with Gasteiger partial charge in [-0.3, -0.25) is 9.69 Å². The molecule has 0 aliphatic carbocycles. The zero-order valence-electron chi connectivity index (χ0n) is 15.7. The van der Waals surface area contributed by atoms with E-state index in [0.29, 0.717) is 18.1 Å². The molecule has 0 radical (unpaired) electrons. The Morgan fingerprint density at radius 1 is 1.15 bits per heavy atom. The van der Waals surface area contributed by atoms with Gasteiger partial charge in [-0.05, 0) is 54.8 Å². The molecule has 4 rings (SSSR count). The van der Waals surface area contributed by atoms with E-state index in [9.17, 15) is 4.79 Å². The number of nitrogen functional groups attached to an aromatic ring is 1. The zero-order valence-corrected chi connectivity index (χ0v) is 15.7. The largest absolute Gasteiger partial charge is 0.399 e. The van der Waals surface area contributed by atoms with Crippen molar-refractivity contribution in [3.63, 3.8) is 0 Å². The fraction of sp³-hybridized carbons (Fsp3) is 0.273. The van der Waals surface area contributed by atoms with Crippen molar-refractivity contribution in [2.75, 3.05) is 12.3 Å². The molecule has 3 N–H and O–H groups in total. The van der Waals surface area contributed by atoms with Gasteiger partial charge in [0.2, 0.25) is 0 Å². The van der Waals surface area contributed by atoms with Crippen molar-refractivity contribution in [3.8, 4) is 11.4 Å². The van der Waals surface area contributed by atoms with E-state index in [1.807, 2.05) is 24.3 Å². The Morgan fingerprint density at radius 3 is 2.70 bits per heavy atom. The summed E-state index contributed by atoms with van der Waals surface area (Å²) in [5.74, 6) is 0.613. The number of benzene rings is 2. The molecule has 2 heterocycles. The van der Waals surface area contributed by atoms with Crippen LogP contribution in [0.25, 0.3) is 11.4 Å². The Balaban J connectivity index is 1.59. The Kier molecular flexibility index (Phi) is 4.54. The van der Waals surface area contributed by atoms with Crippen molar-refractivity contribution < 1.29 is 0 Å². The highest BCUT2D eigenvalue weighted by Crippen LogP contribution is 2.22. The van der Waals surface area contributed by atoms with E-state index >= 15 is 0 Å². The third-order valence-electron chi connectivity index (χ3n) is 5.44. The van der Waals surface area contributed by atoms with Gasteiger partial charge in [-0.25, -0.2) is 4.98 Å². The lowest BCUT2D eigenvalue weighted by Gasteiger charge is -2.28. The standard InChI is InChI=1S/C22H24N4O/c1-14-4-3-5-17(15(14)2)12-26-11-10-20-19(13-26)22(27)25-21(24-20)16-6-8-18(23)9-7-16/h3-9H,10-13,23H2,1-2H3,(H,24,25,27). The maximum absolute atomic E-state index is 12.7. The number of fused-ring (bicyclic) bond motifs is 1. The molecule has 27 heavy (non-hydrogen) atoms. The third-order valence-corrected chi connectivity index (χ3v) is 5.44. The number of nitrogens with two attached hydrogens (primary N) is 1. The number of nitrogens with zero attached hydrogens (tertiary/aromatic N) is 2. The SMILES string of the molecule is Cc1cccc(CN2CCc3nc(-c4ccc(N)cc4)[nH]c(=O)c3C2)c1C. The fourth-order valence-corrected chi connectivity index (χ4v) is 3.62. The number of rotatable bonds is 3. The summed E-state index contributed by atoms with van der Waals surface area (Å²) in [7, 11) is 0. The van der Waals surface area contributed by atoms with Gasteiger partial charge in [-0.2, -0.15) is 0 Å². The van der Waals surface area contributed by atoms with Crippen molar-refractivity contribution in [1.82, 2.24) is 14.9 Å². The molecule has 1 aliphatic rings. The third kappa shape index (κ3) is 3.51. The topological polar surface area (TPSA) is 75.0 Å². The van der Waals surface area contributed by atoms with E-state index in [0.717, 1.165) is 36.3 Å². The van der Waals surface area contributed by atoms with Gasteiger partial charge in [0.05, 0.1) is 11.3 Å². The molecule has 1 aromatic heterocycles. The van der Waals surface area contributed by atoms with Crippen molar-refractivity contribution in [1.29, 1.82) is 0 Å². The highest BCUT2D eigenvalue weighted by atomic mass is 16.1. The molecule has 5 nitrogen and oxygen atoms in total. The number of nitrogens with one attached hydrogen (secondary N) is 1. The second kappa shape index (κ2) is 7.00. The first kappa shape index (κ1) is 17.5. The number of aromatic amines is 1. The molecule has 0 bridgehead atoms. The van der Waals surface area contributed by atoms with Crippen LogP contribution in [-0.2, 0) is 19.5 Å². The van der Waals surface area contributed by atoms with Gasteiger partial charge in [0, 0.05) is 37.3 Å². The lowest BCUT2D eigenvalue weighted by atomic mass is 10.0. The molecule has 0 saturated carbocycles. The molecule has 138 valence electrons. The fourth-order valence-electron chi connectivity index (χ4n) is 3.62. The molecule has 0 atom stereocenters. The Morgan fingerprint density at radius 2 is 1.93 bits per heavy atom. The Labute approximate surface area is 158 Å². The average molecular weight is 360 g/mol. The van der Waals surface area contributed by atoms with Crippen LogP contribution in [0.4, 0.5) is 5.69 Å². The van der Waals surface area contributed by atoms with Crippen LogP contribution in [0, 0.1) is 13.8 Å². The number of H-pyrrole nitrogens is 1. The zero-order chi connectivity index (χ0) is 19.0. The number of anilines is 1. The summed E-state index contributed by atoms with van der Waals surface area (Å²) in [5.41, 5.74) is 12.9. The van der Waals surface area contributed by atoms with Crippen LogP contribution >= 0.6 is 0 Å². The summed E-state index contributed by atoms with van der Waals surface area (Å²) in [6, 6.07) is 13.8. The smallest absolute Gasteiger partial charge is 0.255 e. The van der Waals surface area contributed by atoms with E-state index in [2.05, 4.69) is 41.9 Å². The van der Waals surface area contributed by atoms with E-state index in [-0.39, 0.29) is 5.56 Å². The average Bonchev–Trinajstić information content (AvgIpc) is 2.66. The highest BCUT2D eigenvalue weighted by Gasteiger charge is 2.22. The van der Waals surface area contributed by atoms with E-state index in [1.54, 1.807) is 0 Å². The lowest BCUT2D eigenvalue weighted by molar-refractivity contribution is 0.241.